The van der Waals surface area contributed by atoms with Gasteiger partial charge in [-0.2, -0.15) is 0 Å². The Bertz CT molecular complexity index is 732. The lowest BCUT2D eigenvalue weighted by Crippen LogP contribution is -2.34. The zero-order chi connectivity index (χ0) is 20.4. The van der Waals surface area contributed by atoms with E-state index in [9.17, 15) is 4.79 Å². The third kappa shape index (κ3) is 5.73. The zero-order valence-corrected chi connectivity index (χ0v) is 19.3. The number of carbonyl (C=O) groups is 1. The maximum atomic E-state index is 12.6. The van der Waals surface area contributed by atoms with Crippen molar-refractivity contribution in [3.05, 3.63) is 17.0 Å². The molecule has 1 aromatic carbocycles. The van der Waals surface area contributed by atoms with E-state index in [1.54, 1.807) is 27.4 Å². The predicted molar refractivity (Wildman–Crippen MR) is 116 cm³/mol. The second-order valence-electron chi connectivity index (χ2n) is 5.45. The van der Waals surface area contributed by atoms with E-state index in [1.165, 1.54) is 11.3 Å². The van der Waals surface area contributed by atoms with Crippen molar-refractivity contribution in [2.45, 2.75) is 13.8 Å². The van der Waals surface area contributed by atoms with E-state index in [4.69, 9.17) is 14.2 Å². The molecule has 0 aliphatic heterocycles. The minimum Gasteiger partial charge on any atom is -0.497 e. The summed E-state index contributed by atoms with van der Waals surface area (Å²) in [7, 11) is 4.77. The van der Waals surface area contributed by atoms with Gasteiger partial charge in [0.25, 0.3) is 5.91 Å². The molecule has 0 spiro atoms. The summed E-state index contributed by atoms with van der Waals surface area (Å²) in [5, 5.41) is 3.79. The highest BCUT2D eigenvalue weighted by Gasteiger charge is 2.22. The fourth-order valence-corrected chi connectivity index (χ4v) is 3.85. The molecule has 0 unspecified atom stereocenters. The predicted octanol–water partition coefficient (Wildman–Crippen LogP) is 4.01. The number of fused-ring (bicyclic) bond motifs is 1. The van der Waals surface area contributed by atoms with Crippen LogP contribution in [0.3, 0.4) is 0 Å². The van der Waals surface area contributed by atoms with Crippen molar-refractivity contribution in [2.24, 2.45) is 0 Å². The van der Waals surface area contributed by atoms with Crippen LogP contribution in [0, 0.1) is 0 Å². The van der Waals surface area contributed by atoms with Gasteiger partial charge in [-0.25, -0.2) is 0 Å². The highest BCUT2D eigenvalue weighted by atomic mass is 79.9. The number of alkyl halides is 1. The Morgan fingerprint density at radius 3 is 2.30 bits per heavy atom. The molecule has 0 saturated heterocycles. The molecule has 1 amide bonds. The molecule has 0 aliphatic rings. The van der Waals surface area contributed by atoms with Gasteiger partial charge >= 0.3 is 0 Å². The normalized spacial score (nSPS) is 10.4. The molecule has 6 nitrogen and oxygen atoms in total. The first-order valence-corrected chi connectivity index (χ1v) is 11.1. The molecule has 2 rings (SSSR count). The molecule has 8 heteroatoms. The average molecular weight is 461 g/mol. The molecule has 0 radical (unpaired) electrons. The van der Waals surface area contributed by atoms with Crippen LogP contribution in [0.1, 0.15) is 23.5 Å². The topological polar surface area (TPSA) is 60.0 Å². The number of benzene rings is 1. The molecule has 152 valence electrons. The van der Waals surface area contributed by atoms with Gasteiger partial charge in [0.15, 0.2) is 5.75 Å². The van der Waals surface area contributed by atoms with Crippen molar-refractivity contribution in [1.29, 1.82) is 0 Å². The van der Waals surface area contributed by atoms with Crippen LogP contribution < -0.4 is 19.5 Å². The number of halogens is 1. The Kier molecular flexibility index (Phi) is 10.5. The Morgan fingerprint density at radius 2 is 1.78 bits per heavy atom. The van der Waals surface area contributed by atoms with Crippen molar-refractivity contribution in [2.75, 3.05) is 53.3 Å². The van der Waals surface area contributed by atoms with Gasteiger partial charge < -0.3 is 24.4 Å². The number of carbonyl (C=O) groups excluding carboxylic acids is 1. The molecule has 0 saturated carbocycles. The van der Waals surface area contributed by atoms with Gasteiger partial charge in [-0.05, 0) is 25.0 Å². The van der Waals surface area contributed by atoms with Crippen molar-refractivity contribution in [3.8, 4) is 17.2 Å². The summed E-state index contributed by atoms with van der Waals surface area (Å²) in [5.74, 6) is 3.56. The Balaban J connectivity index is 0.00000176. The molecule has 1 aromatic heterocycles. The molecule has 2 aromatic rings. The van der Waals surface area contributed by atoms with E-state index in [2.05, 4.69) is 40.0 Å². The molecule has 1 N–H and O–H groups in total. The smallest absolute Gasteiger partial charge is 0.265 e. The van der Waals surface area contributed by atoms with Crippen LogP contribution in [0.2, 0.25) is 0 Å². The second-order valence-corrected chi connectivity index (χ2v) is 6.47. The largest absolute Gasteiger partial charge is 0.497 e. The summed E-state index contributed by atoms with van der Waals surface area (Å²) in [6, 6.07) is 3.67. The summed E-state index contributed by atoms with van der Waals surface area (Å²) in [4.78, 5) is 15.4. The number of ether oxygens (including phenoxy) is 3. The van der Waals surface area contributed by atoms with Gasteiger partial charge in [-0.15, -0.1) is 11.3 Å². The second kappa shape index (κ2) is 12.0. The quantitative estimate of drug-likeness (QED) is 0.572. The zero-order valence-electron chi connectivity index (χ0n) is 16.8. The van der Waals surface area contributed by atoms with E-state index < -0.39 is 0 Å². The number of hydrogen-bond donors (Lipinski definition) is 1. The Hall–Kier alpha value is -1.51. The fraction of sp³-hybridized carbons (Fsp3) is 0.526. The van der Waals surface area contributed by atoms with Gasteiger partial charge in [-0.1, -0.05) is 29.8 Å². The van der Waals surface area contributed by atoms with Crippen molar-refractivity contribution < 1.29 is 19.0 Å². The summed E-state index contributed by atoms with van der Waals surface area (Å²) in [6.45, 7) is 7.58. The monoisotopic (exact) mass is 460 g/mol. The van der Waals surface area contributed by atoms with E-state index >= 15 is 0 Å². The van der Waals surface area contributed by atoms with Crippen LogP contribution in [0.4, 0.5) is 0 Å². The SMILES string of the molecule is CBr.CCN(CC)CCNC(=O)c1sc2c(OC)cc(OC)cc2c1OC. The number of rotatable bonds is 9. The number of thiophene rings is 1. The summed E-state index contributed by atoms with van der Waals surface area (Å²) in [5.41, 5.74) is 0. The first-order chi connectivity index (χ1) is 13.1. The van der Waals surface area contributed by atoms with Gasteiger partial charge in [0, 0.05) is 24.5 Å². The first-order valence-electron chi connectivity index (χ1n) is 8.70. The molecule has 0 fully saturated rings. The minimum atomic E-state index is -0.133. The standard InChI is InChI=1S/C18H26N2O4S.CH3Br/c1-6-20(7-2)9-8-19-18(21)17-15(24-5)13-10-12(22-3)11-14(23-4)16(13)25-17;1-2/h10-11H,6-9H2,1-5H3,(H,19,21);1H3. The van der Waals surface area contributed by atoms with Gasteiger partial charge in [0.05, 0.1) is 26.0 Å². The lowest BCUT2D eigenvalue weighted by atomic mass is 10.2. The highest BCUT2D eigenvalue weighted by Crippen LogP contribution is 2.44. The maximum absolute atomic E-state index is 12.6. The number of nitrogens with one attached hydrogen (secondary N) is 1. The molecule has 0 bridgehead atoms. The van der Waals surface area contributed by atoms with E-state index in [0.717, 1.165) is 29.7 Å². The Labute approximate surface area is 173 Å². The maximum Gasteiger partial charge on any atom is 0.265 e. The van der Waals surface area contributed by atoms with Crippen molar-refractivity contribution >= 4 is 43.3 Å². The molecule has 1 heterocycles. The lowest BCUT2D eigenvalue weighted by molar-refractivity contribution is 0.0950. The molecule has 0 atom stereocenters. The highest BCUT2D eigenvalue weighted by molar-refractivity contribution is 9.08. The summed E-state index contributed by atoms with van der Waals surface area (Å²) >= 11 is 4.30. The van der Waals surface area contributed by atoms with Gasteiger partial charge in [0.1, 0.15) is 16.4 Å². The molecular weight excluding hydrogens is 432 g/mol. The van der Waals surface area contributed by atoms with E-state index in [-0.39, 0.29) is 5.91 Å². The average Bonchev–Trinajstić information content (AvgIpc) is 3.10. The van der Waals surface area contributed by atoms with Crippen LogP contribution in [0.15, 0.2) is 12.1 Å². The Morgan fingerprint density at radius 1 is 1.11 bits per heavy atom. The summed E-state index contributed by atoms with van der Waals surface area (Å²) in [6.07, 6.45) is 0. The van der Waals surface area contributed by atoms with E-state index in [0.29, 0.717) is 28.7 Å². The van der Waals surface area contributed by atoms with E-state index in [1.807, 2.05) is 11.9 Å². The molecule has 27 heavy (non-hydrogen) atoms. The van der Waals surface area contributed by atoms with Gasteiger partial charge in [-0.3, -0.25) is 4.79 Å². The number of hydrogen-bond acceptors (Lipinski definition) is 6. The third-order valence-electron chi connectivity index (χ3n) is 4.16. The van der Waals surface area contributed by atoms with Crippen LogP contribution in [-0.2, 0) is 0 Å². The minimum absolute atomic E-state index is 0.133. The number of likely N-dealkylation sites (N-methyl/N-ethyl adjacent to an activating group) is 1. The number of nitrogens with zero attached hydrogens (tertiary/aromatic N) is 1. The lowest BCUT2D eigenvalue weighted by Gasteiger charge is -2.17. The first kappa shape index (κ1) is 23.5. The van der Waals surface area contributed by atoms with Crippen LogP contribution >= 0.6 is 27.3 Å². The van der Waals surface area contributed by atoms with Crippen molar-refractivity contribution in [1.82, 2.24) is 10.2 Å². The van der Waals surface area contributed by atoms with Crippen molar-refractivity contribution in [3.63, 3.8) is 0 Å². The third-order valence-corrected chi connectivity index (χ3v) is 5.36. The summed E-state index contributed by atoms with van der Waals surface area (Å²) < 4.78 is 17.1. The van der Waals surface area contributed by atoms with Gasteiger partial charge in [0.2, 0.25) is 0 Å². The van der Waals surface area contributed by atoms with Crippen LogP contribution in [0.5, 0.6) is 17.2 Å². The number of methoxy groups -OCH3 is 3. The molecule has 0 aliphatic carbocycles. The molecular formula is C19H29BrN2O4S. The number of amides is 1. The van der Waals surface area contributed by atoms with Crippen LogP contribution in [0.25, 0.3) is 10.1 Å². The van der Waals surface area contributed by atoms with Crippen LogP contribution in [-0.4, -0.2) is 64.1 Å². The fourth-order valence-electron chi connectivity index (χ4n) is 2.69.